The lowest BCUT2D eigenvalue weighted by atomic mass is 9.93. The summed E-state index contributed by atoms with van der Waals surface area (Å²) in [5.41, 5.74) is 9.65. The zero-order chi connectivity index (χ0) is 17.4. The molecule has 6 heteroatoms. The molecule has 4 rings (SSSR count). The Balaban J connectivity index is 1.73. The van der Waals surface area contributed by atoms with Gasteiger partial charge in [0.05, 0.1) is 12.1 Å². The van der Waals surface area contributed by atoms with Crippen LogP contribution in [0.1, 0.15) is 42.1 Å². The standard InChI is InChI=1S/C19H20BrN5/c1-2-12-6-8-13(9-7-12)16-11-17(14-4-3-5-15(20)10-14)25-19(22-16)23-18(21)24-25/h3-10,16-17H,2,11H2,1H3,(H3,21,22,23,24)/t16-,17-/m1/s1. The van der Waals surface area contributed by atoms with Gasteiger partial charge in [-0.25, -0.2) is 4.68 Å². The van der Waals surface area contributed by atoms with E-state index in [0.717, 1.165) is 23.3 Å². The molecule has 0 bridgehead atoms. The quantitative estimate of drug-likeness (QED) is 0.689. The summed E-state index contributed by atoms with van der Waals surface area (Å²) in [7, 11) is 0. The van der Waals surface area contributed by atoms with Gasteiger partial charge in [-0.2, -0.15) is 4.98 Å². The molecule has 0 radical (unpaired) electrons. The van der Waals surface area contributed by atoms with Crippen molar-refractivity contribution in [2.24, 2.45) is 0 Å². The van der Waals surface area contributed by atoms with Gasteiger partial charge in [-0.1, -0.05) is 59.3 Å². The average molecular weight is 398 g/mol. The predicted octanol–water partition coefficient (Wildman–Crippen LogP) is 4.33. The largest absolute Gasteiger partial charge is 0.366 e. The lowest BCUT2D eigenvalue weighted by Gasteiger charge is -2.31. The number of hydrogen-bond donors (Lipinski definition) is 2. The number of nitrogens with zero attached hydrogens (tertiary/aromatic N) is 3. The summed E-state index contributed by atoms with van der Waals surface area (Å²) in [6.45, 7) is 2.17. The fourth-order valence-electron chi connectivity index (χ4n) is 3.39. The van der Waals surface area contributed by atoms with E-state index < -0.39 is 0 Å². The van der Waals surface area contributed by atoms with Crippen LogP contribution in [-0.2, 0) is 6.42 Å². The van der Waals surface area contributed by atoms with E-state index in [9.17, 15) is 0 Å². The Bertz CT molecular complexity index is 887. The topological polar surface area (TPSA) is 68.8 Å². The van der Waals surface area contributed by atoms with Crippen molar-refractivity contribution >= 4 is 27.8 Å². The Hall–Kier alpha value is -2.34. The Morgan fingerprint density at radius 3 is 2.72 bits per heavy atom. The monoisotopic (exact) mass is 397 g/mol. The number of nitrogens with one attached hydrogen (secondary N) is 1. The van der Waals surface area contributed by atoms with Crippen LogP contribution in [0.15, 0.2) is 53.0 Å². The van der Waals surface area contributed by atoms with Gasteiger partial charge in [0.2, 0.25) is 11.9 Å². The van der Waals surface area contributed by atoms with Gasteiger partial charge in [0.1, 0.15) is 0 Å². The summed E-state index contributed by atoms with van der Waals surface area (Å²) in [5.74, 6) is 1.02. The molecule has 0 saturated carbocycles. The summed E-state index contributed by atoms with van der Waals surface area (Å²) in [4.78, 5) is 4.37. The molecule has 2 aromatic carbocycles. The summed E-state index contributed by atoms with van der Waals surface area (Å²) in [6, 6.07) is 17.4. The molecule has 5 nitrogen and oxygen atoms in total. The summed E-state index contributed by atoms with van der Waals surface area (Å²) < 4.78 is 2.95. The third kappa shape index (κ3) is 3.14. The SMILES string of the molecule is CCc1ccc([C@H]2C[C@H](c3cccc(Br)c3)n3nc(N)nc3N2)cc1. The first-order valence-electron chi connectivity index (χ1n) is 8.47. The van der Waals surface area contributed by atoms with Crippen LogP contribution >= 0.6 is 15.9 Å². The smallest absolute Gasteiger partial charge is 0.241 e. The van der Waals surface area contributed by atoms with Crippen LogP contribution in [0, 0.1) is 0 Å². The zero-order valence-electron chi connectivity index (χ0n) is 14.0. The Morgan fingerprint density at radius 1 is 1.20 bits per heavy atom. The molecule has 0 fully saturated rings. The van der Waals surface area contributed by atoms with E-state index in [1.165, 1.54) is 16.7 Å². The second kappa shape index (κ2) is 6.52. The van der Waals surface area contributed by atoms with Crippen LogP contribution in [-0.4, -0.2) is 14.8 Å². The molecular weight excluding hydrogens is 378 g/mol. The highest BCUT2D eigenvalue weighted by Crippen LogP contribution is 2.38. The fraction of sp³-hybridized carbons (Fsp3) is 0.263. The molecule has 2 atom stereocenters. The lowest BCUT2D eigenvalue weighted by Crippen LogP contribution is -2.28. The number of halogens is 1. The normalized spacial score (nSPS) is 19.3. The number of aromatic nitrogens is 3. The first-order valence-corrected chi connectivity index (χ1v) is 9.26. The molecule has 1 aliphatic heterocycles. The number of fused-ring (bicyclic) bond motifs is 1. The van der Waals surface area contributed by atoms with Gasteiger partial charge in [0.15, 0.2) is 0 Å². The molecule has 128 valence electrons. The van der Waals surface area contributed by atoms with Crippen LogP contribution < -0.4 is 11.1 Å². The van der Waals surface area contributed by atoms with Crippen molar-refractivity contribution in [1.82, 2.24) is 14.8 Å². The maximum Gasteiger partial charge on any atom is 0.241 e. The molecule has 0 spiro atoms. The van der Waals surface area contributed by atoms with E-state index in [0.29, 0.717) is 5.95 Å². The van der Waals surface area contributed by atoms with Crippen molar-refractivity contribution in [2.45, 2.75) is 31.8 Å². The number of hydrogen-bond acceptors (Lipinski definition) is 4. The van der Waals surface area contributed by atoms with Gasteiger partial charge in [-0.3, -0.25) is 0 Å². The number of nitrogens with two attached hydrogens (primary N) is 1. The fourth-order valence-corrected chi connectivity index (χ4v) is 3.81. The van der Waals surface area contributed by atoms with Crippen LogP contribution in [0.5, 0.6) is 0 Å². The number of aryl methyl sites for hydroxylation is 1. The van der Waals surface area contributed by atoms with Crippen LogP contribution in [0.4, 0.5) is 11.9 Å². The maximum absolute atomic E-state index is 5.86. The number of anilines is 2. The number of benzene rings is 2. The van der Waals surface area contributed by atoms with Gasteiger partial charge in [-0.15, -0.1) is 5.10 Å². The van der Waals surface area contributed by atoms with E-state index >= 15 is 0 Å². The molecule has 1 aliphatic rings. The van der Waals surface area contributed by atoms with Gasteiger partial charge in [0, 0.05) is 4.47 Å². The molecular formula is C19H20BrN5. The summed E-state index contributed by atoms with van der Waals surface area (Å²) >= 11 is 3.56. The second-order valence-electron chi connectivity index (χ2n) is 6.34. The highest BCUT2D eigenvalue weighted by molar-refractivity contribution is 9.10. The van der Waals surface area contributed by atoms with Gasteiger partial charge in [0.25, 0.3) is 0 Å². The Labute approximate surface area is 155 Å². The minimum absolute atomic E-state index is 0.0920. The van der Waals surface area contributed by atoms with Crippen LogP contribution in [0.2, 0.25) is 0 Å². The van der Waals surface area contributed by atoms with Crippen molar-refractivity contribution in [1.29, 1.82) is 0 Å². The number of nitrogen functional groups attached to an aromatic ring is 1. The van der Waals surface area contributed by atoms with Crippen molar-refractivity contribution in [3.05, 3.63) is 69.7 Å². The van der Waals surface area contributed by atoms with Crippen molar-refractivity contribution in [3.8, 4) is 0 Å². The predicted molar refractivity (Wildman–Crippen MR) is 104 cm³/mol. The first-order chi connectivity index (χ1) is 12.1. The molecule has 0 unspecified atom stereocenters. The van der Waals surface area contributed by atoms with Crippen LogP contribution in [0.3, 0.4) is 0 Å². The van der Waals surface area contributed by atoms with Crippen LogP contribution in [0.25, 0.3) is 0 Å². The minimum Gasteiger partial charge on any atom is -0.366 e. The molecule has 2 heterocycles. The zero-order valence-corrected chi connectivity index (χ0v) is 15.6. The molecule has 0 amide bonds. The Kier molecular flexibility index (Phi) is 4.21. The molecule has 0 saturated heterocycles. The molecule has 0 aliphatic carbocycles. The third-order valence-electron chi connectivity index (χ3n) is 4.73. The van der Waals surface area contributed by atoms with Crippen molar-refractivity contribution < 1.29 is 0 Å². The van der Waals surface area contributed by atoms with E-state index in [-0.39, 0.29) is 12.1 Å². The van der Waals surface area contributed by atoms with Gasteiger partial charge < -0.3 is 11.1 Å². The summed E-state index contributed by atoms with van der Waals surface area (Å²) in [6.07, 6.45) is 1.93. The highest BCUT2D eigenvalue weighted by Gasteiger charge is 2.30. The maximum atomic E-state index is 5.86. The summed E-state index contributed by atoms with van der Waals surface area (Å²) in [5, 5.41) is 7.88. The third-order valence-corrected chi connectivity index (χ3v) is 5.22. The first kappa shape index (κ1) is 16.1. The highest BCUT2D eigenvalue weighted by atomic mass is 79.9. The van der Waals surface area contributed by atoms with E-state index in [1.54, 1.807) is 0 Å². The average Bonchev–Trinajstić information content (AvgIpc) is 3.01. The number of rotatable bonds is 3. The van der Waals surface area contributed by atoms with Crippen molar-refractivity contribution in [3.63, 3.8) is 0 Å². The minimum atomic E-state index is 0.0920. The van der Waals surface area contributed by atoms with Gasteiger partial charge in [-0.05, 0) is 41.7 Å². The lowest BCUT2D eigenvalue weighted by molar-refractivity contribution is 0.431. The van der Waals surface area contributed by atoms with E-state index in [1.807, 2.05) is 16.8 Å². The molecule has 25 heavy (non-hydrogen) atoms. The molecule has 3 aromatic rings. The van der Waals surface area contributed by atoms with E-state index in [2.05, 4.69) is 74.7 Å². The molecule has 3 N–H and O–H groups in total. The molecule has 1 aromatic heterocycles. The second-order valence-corrected chi connectivity index (χ2v) is 7.25. The Morgan fingerprint density at radius 2 is 2.00 bits per heavy atom. The van der Waals surface area contributed by atoms with Crippen molar-refractivity contribution in [2.75, 3.05) is 11.1 Å². The van der Waals surface area contributed by atoms with Gasteiger partial charge >= 0.3 is 0 Å². The van der Waals surface area contributed by atoms with E-state index in [4.69, 9.17) is 5.73 Å².